The van der Waals surface area contributed by atoms with Crippen LogP contribution >= 0.6 is 0 Å². The van der Waals surface area contributed by atoms with Crippen molar-refractivity contribution in [3.8, 4) is 0 Å². The third-order valence-electron chi connectivity index (χ3n) is 4.42. The average Bonchev–Trinajstić information content (AvgIpc) is 2.82. The van der Waals surface area contributed by atoms with Crippen molar-refractivity contribution in [2.24, 2.45) is 5.41 Å². The van der Waals surface area contributed by atoms with Crippen molar-refractivity contribution in [2.75, 3.05) is 11.9 Å². The van der Waals surface area contributed by atoms with Crippen LogP contribution in [0.4, 0.5) is 5.69 Å². The van der Waals surface area contributed by atoms with Crippen molar-refractivity contribution in [1.29, 1.82) is 0 Å². The fraction of sp³-hybridized carbons (Fsp3) is 0.368. The molecule has 2 aromatic rings. The van der Waals surface area contributed by atoms with Crippen molar-refractivity contribution in [1.82, 2.24) is 0 Å². The van der Waals surface area contributed by atoms with E-state index in [1.54, 1.807) is 18.9 Å². The molecule has 0 fully saturated rings. The Morgan fingerprint density at radius 2 is 1.83 bits per heavy atom. The van der Waals surface area contributed by atoms with Gasteiger partial charge in [0.05, 0.1) is 5.56 Å². The van der Waals surface area contributed by atoms with E-state index in [0.717, 1.165) is 5.69 Å². The summed E-state index contributed by atoms with van der Waals surface area (Å²) in [6.45, 7) is 5.89. The highest BCUT2D eigenvalue weighted by Crippen LogP contribution is 2.38. The molecule has 1 aliphatic rings. The van der Waals surface area contributed by atoms with E-state index in [-0.39, 0.29) is 22.9 Å². The maximum absolute atomic E-state index is 12.8. The molecule has 0 aliphatic heterocycles. The summed E-state index contributed by atoms with van der Waals surface area (Å²) in [7, 11) is 1.71. The van der Waals surface area contributed by atoms with Crippen LogP contribution < -0.4 is 4.90 Å². The number of fused-ring (bicyclic) bond motifs is 1. The van der Waals surface area contributed by atoms with Gasteiger partial charge in [0.25, 0.3) is 5.91 Å². The van der Waals surface area contributed by atoms with Gasteiger partial charge in [-0.1, -0.05) is 32.0 Å². The van der Waals surface area contributed by atoms with E-state index in [4.69, 9.17) is 4.42 Å². The standard InChI is InChI=1S/C19H21NO3/c1-12-16-14(21)10-19(2,3)11-15(16)23-17(12)18(22)20(4)13-8-6-5-7-9-13/h5-9H,10-11H2,1-4H3. The summed E-state index contributed by atoms with van der Waals surface area (Å²) >= 11 is 0. The van der Waals surface area contributed by atoms with Crippen LogP contribution in [0.5, 0.6) is 0 Å². The molecule has 4 nitrogen and oxygen atoms in total. The Kier molecular flexibility index (Phi) is 3.63. The molecule has 0 saturated carbocycles. The summed E-state index contributed by atoms with van der Waals surface area (Å²) in [6, 6.07) is 9.39. The third kappa shape index (κ3) is 2.69. The second kappa shape index (κ2) is 5.37. The largest absolute Gasteiger partial charge is 0.455 e. The zero-order valence-electron chi connectivity index (χ0n) is 14.0. The van der Waals surface area contributed by atoms with Gasteiger partial charge < -0.3 is 9.32 Å². The van der Waals surface area contributed by atoms with Crippen LogP contribution in [-0.4, -0.2) is 18.7 Å². The molecule has 3 rings (SSSR count). The van der Waals surface area contributed by atoms with Crippen LogP contribution in [0.3, 0.4) is 0 Å². The first-order chi connectivity index (χ1) is 10.8. The highest BCUT2D eigenvalue weighted by molar-refractivity contribution is 6.08. The smallest absolute Gasteiger partial charge is 0.294 e. The lowest BCUT2D eigenvalue weighted by molar-refractivity contribution is 0.0896. The molecule has 0 N–H and O–H groups in total. The van der Waals surface area contributed by atoms with E-state index in [2.05, 4.69) is 0 Å². The quantitative estimate of drug-likeness (QED) is 0.841. The lowest BCUT2D eigenvalue weighted by Gasteiger charge is -2.27. The number of hydrogen-bond acceptors (Lipinski definition) is 3. The minimum atomic E-state index is -0.228. The molecule has 0 radical (unpaired) electrons. The van der Waals surface area contributed by atoms with Gasteiger partial charge in [-0.2, -0.15) is 0 Å². The van der Waals surface area contributed by atoms with Gasteiger partial charge in [0.15, 0.2) is 11.5 Å². The molecule has 0 atom stereocenters. The zero-order valence-corrected chi connectivity index (χ0v) is 14.0. The van der Waals surface area contributed by atoms with E-state index in [1.807, 2.05) is 44.2 Å². The molecule has 1 aromatic carbocycles. The minimum Gasteiger partial charge on any atom is -0.455 e. The molecule has 1 aromatic heterocycles. The molecular formula is C19H21NO3. The molecule has 23 heavy (non-hydrogen) atoms. The number of furan rings is 1. The molecule has 4 heteroatoms. The van der Waals surface area contributed by atoms with E-state index >= 15 is 0 Å². The average molecular weight is 311 g/mol. The summed E-state index contributed by atoms with van der Waals surface area (Å²) in [5.74, 6) is 0.758. The summed E-state index contributed by atoms with van der Waals surface area (Å²) in [5.41, 5.74) is 1.93. The molecule has 0 bridgehead atoms. The highest BCUT2D eigenvalue weighted by Gasteiger charge is 2.37. The Morgan fingerprint density at radius 1 is 1.17 bits per heavy atom. The number of hydrogen-bond donors (Lipinski definition) is 0. The Hall–Kier alpha value is -2.36. The van der Waals surface area contributed by atoms with E-state index < -0.39 is 0 Å². The number of Topliss-reactive ketones (excluding diaryl/α,β-unsaturated/α-hetero) is 1. The molecule has 0 spiro atoms. The van der Waals surface area contributed by atoms with Gasteiger partial charge in [-0.05, 0) is 24.5 Å². The first-order valence-electron chi connectivity index (χ1n) is 7.79. The highest BCUT2D eigenvalue weighted by atomic mass is 16.4. The number of para-hydroxylation sites is 1. The monoisotopic (exact) mass is 311 g/mol. The molecule has 120 valence electrons. The summed E-state index contributed by atoms with van der Waals surface area (Å²) in [5, 5.41) is 0. The van der Waals surface area contributed by atoms with Crippen molar-refractivity contribution in [3.05, 3.63) is 53.0 Å². The summed E-state index contributed by atoms with van der Waals surface area (Å²) in [4.78, 5) is 26.7. The number of carbonyl (C=O) groups is 2. The van der Waals surface area contributed by atoms with Gasteiger partial charge in [0.2, 0.25) is 0 Å². The number of rotatable bonds is 2. The maximum atomic E-state index is 12.8. The van der Waals surface area contributed by atoms with Gasteiger partial charge in [-0.3, -0.25) is 9.59 Å². The van der Waals surface area contributed by atoms with Crippen molar-refractivity contribution in [2.45, 2.75) is 33.6 Å². The second-order valence-corrected chi connectivity index (χ2v) is 7.00. The van der Waals surface area contributed by atoms with Crippen LogP contribution in [0.1, 0.15) is 52.5 Å². The van der Waals surface area contributed by atoms with E-state index in [9.17, 15) is 9.59 Å². The van der Waals surface area contributed by atoms with Crippen molar-refractivity contribution >= 4 is 17.4 Å². The Morgan fingerprint density at radius 3 is 2.48 bits per heavy atom. The Balaban J connectivity index is 1.99. The molecule has 1 amide bonds. The third-order valence-corrected chi connectivity index (χ3v) is 4.42. The number of ketones is 1. The van der Waals surface area contributed by atoms with Crippen LogP contribution in [0.25, 0.3) is 0 Å². The van der Waals surface area contributed by atoms with Crippen LogP contribution in [0.2, 0.25) is 0 Å². The normalized spacial score (nSPS) is 16.1. The minimum absolute atomic E-state index is 0.0684. The molecule has 0 saturated heterocycles. The van der Waals surface area contributed by atoms with Gasteiger partial charge in [0.1, 0.15) is 5.76 Å². The molecular weight excluding hydrogens is 290 g/mol. The lowest BCUT2D eigenvalue weighted by atomic mass is 9.76. The predicted molar refractivity (Wildman–Crippen MR) is 89.1 cm³/mol. The second-order valence-electron chi connectivity index (χ2n) is 7.00. The van der Waals surface area contributed by atoms with E-state index in [0.29, 0.717) is 29.7 Å². The fourth-order valence-corrected chi connectivity index (χ4v) is 3.21. The molecule has 0 unspecified atom stereocenters. The Labute approximate surface area is 136 Å². The van der Waals surface area contributed by atoms with Crippen LogP contribution in [0, 0.1) is 12.3 Å². The molecule has 1 aliphatic carbocycles. The SMILES string of the molecule is Cc1c(C(=O)N(C)c2ccccc2)oc2c1C(=O)CC(C)(C)C2. The fourth-order valence-electron chi connectivity index (χ4n) is 3.21. The lowest BCUT2D eigenvalue weighted by Crippen LogP contribution is -2.26. The van der Waals surface area contributed by atoms with Gasteiger partial charge in [-0.25, -0.2) is 0 Å². The van der Waals surface area contributed by atoms with Gasteiger partial charge >= 0.3 is 0 Å². The number of nitrogens with zero attached hydrogens (tertiary/aromatic N) is 1. The first kappa shape index (κ1) is 15.5. The molecule has 1 heterocycles. The number of carbonyl (C=O) groups excluding carboxylic acids is 2. The van der Waals surface area contributed by atoms with Crippen LogP contribution in [0.15, 0.2) is 34.7 Å². The summed E-state index contributed by atoms with van der Waals surface area (Å²) < 4.78 is 5.84. The Bertz CT molecular complexity index is 771. The van der Waals surface area contributed by atoms with Crippen molar-refractivity contribution in [3.63, 3.8) is 0 Å². The number of anilines is 1. The summed E-state index contributed by atoms with van der Waals surface area (Å²) in [6.07, 6.45) is 1.17. The van der Waals surface area contributed by atoms with Gasteiger partial charge in [0, 0.05) is 31.1 Å². The first-order valence-corrected chi connectivity index (χ1v) is 7.79. The maximum Gasteiger partial charge on any atom is 0.294 e. The zero-order chi connectivity index (χ0) is 16.8. The topological polar surface area (TPSA) is 50.5 Å². The van der Waals surface area contributed by atoms with Crippen LogP contribution in [-0.2, 0) is 6.42 Å². The van der Waals surface area contributed by atoms with Gasteiger partial charge in [-0.15, -0.1) is 0 Å². The number of benzene rings is 1. The number of amides is 1. The van der Waals surface area contributed by atoms with Crippen molar-refractivity contribution < 1.29 is 14.0 Å². The van der Waals surface area contributed by atoms with E-state index in [1.165, 1.54) is 0 Å². The predicted octanol–water partition coefficient (Wildman–Crippen LogP) is 4.02.